The van der Waals surface area contributed by atoms with Gasteiger partial charge in [-0.05, 0) is 69.5 Å². The summed E-state index contributed by atoms with van der Waals surface area (Å²) in [4.78, 5) is 30.2. The standard InChI is InChI=1S/C24H29N3O4/c1-6-30-23(28)22-17(4)20(18(5)25-22)14-27(13-19-8-7-11-31-19)24(29)26-21-10-9-15(2)12-16(21)3/h7-12,25H,6,13-14H2,1-5H3,(H,26,29). The third-order valence-corrected chi connectivity index (χ3v) is 5.26. The fraction of sp³-hybridized carbons (Fsp3) is 0.333. The molecule has 2 N–H and O–H groups in total. The van der Waals surface area contributed by atoms with Gasteiger partial charge in [0.05, 0.1) is 19.4 Å². The van der Waals surface area contributed by atoms with Gasteiger partial charge in [0, 0.05) is 17.9 Å². The van der Waals surface area contributed by atoms with Crippen LogP contribution in [0.1, 0.15) is 51.1 Å². The second-order valence-electron chi connectivity index (χ2n) is 7.63. The number of benzene rings is 1. The average Bonchev–Trinajstić information content (AvgIpc) is 3.33. The smallest absolute Gasteiger partial charge is 0.355 e. The van der Waals surface area contributed by atoms with E-state index in [9.17, 15) is 9.59 Å². The Bertz CT molecular complexity index is 1070. The SMILES string of the molecule is CCOC(=O)c1[nH]c(C)c(CN(Cc2ccco2)C(=O)Nc2ccc(C)cc2C)c1C. The van der Waals surface area contributed by atoms with Crippen LogP contribution in [0.3, 0.4) is 0 Å². The fourth-order valence-electron chi connectivity index (χ4n) is 3.56. The number of esters is 1. The van der Waals surface area contributed by atoms with Crippen LogP contribution in [0.2, 0.25) is 0 Å². The molecule has 7 nitrogen and oxygen atoms in total. The Hall–Kier alpha value is -3.48. The second kappa shape index (κ2) is 9.55. The Morgan fingerprint density at radius 2 is 1.90 bits per heavy atom. The molecule has 0 bridgehead atoms. The van der Waals surface area contributed by atoms with Gasteiger partial charge in [0.2, 0.25) is 0 Å². The van der Waals surface area contributed by atoms with Gasteiger partial charge < -0.3 is 24.4 Å². The number of urea groups is 1. The highest BCUT2D eigenvalue weighted by molar-refractivity contribution is 5.91. The van der Waals surface area contributed by atoms with Gasteiger partial charge in [-0.15, -0.1) is 0 Å². The Labute approximate surface area is 182 Å². The number of ether oxygens (including phenoxy) is 1. The van der Waals surface area contributed by atoms with E-state index < -0.39 is 5.97 Å². The largest absolute Gasteiger partial charge is 0.467 e. The van der Waals surface area contributed by atoms with Crippen molar-refractivity contribution in [1.29, 1.82) is 0 Å². The molecule has 0 aliphatic heterocycles. The molecule has 0 saturated carbocycles. The lowest BCUT2D eigenvalue weighted by Crippen LogP contribution is -2.34. The lowest BCUT2D eigenvalue weighted by Gasteiger charge is -2.23. The summed E-state index contributed by atoms with van der Waals surface area (Å²) >= 11 is 0. The zero-order valence-corrected chi connectivity index (χ0v) is 18.7. The van der Waals surface area contributed by atoms with Gasteiger partial charge in [-0.1, -0.05) is 17.7 Å². The number of carbonyl (C=O) groups is 2. The summed E-state index contributed by atoms with van der Waals surface area (Å²) in [5.74, 6) is 0.277. The van der Waals surface area contributed by atoms with Crippen LogP contribution in [0.4, 0.5) is 10.5 Å². The van der Waals surface area contributed by atoms with Crippen LogP contribution in [0.5, 0.6) is 0 Å². The Balaban J connectivity index is 1.87. The fourth-order valence-corrected chi connectivity index (χ4v) is 3.56. The molecule has 1 aromatic carbocycles. The van der Waals surface area contributed by atoms with Crippen molar-refractivity contribution in [2.45, 2.75) is 47.7 Å². The normalized spacial score (nSPS) is 10.7. The number of aromatic amines is 1. The topological polar surface area (TPSA) is 87.6 Å². The molecule has 0 fully saturated rings. The van der Waals surface area contributed by atoms with Crippen LogP contribution in [-0.4, -0.2) is 28.5 Å². The Morgan fingerprint density at radius 1 is 1.13 bits per heavy atom. The van der Waals surface area contributed by atoms with E-state index in [4.69, 9.17) is 9.15 Å². The highest BCUT2D eigenvalue weighted by atomic mass is 16.5. The number of hydrogen-bond acceptors (Lipinski definition) is 4. The maximum absolute atomic E-state index is 13.2. The quantitative estimate of drug-likeness (QED) is 0.508. The molecule has 2 amide bonds. The molecule has 164 valence electrons. The molecule has 0 unspecified atom stereocenters. The molecule has 7 heteroatoms. The molecular weight excluding hydrogens is 394 g/mol. The minimum Gasteiger partial charge on any atom is -0.467 e. The predicted molar refractivity (Wildman–Crippen MR) is 119 cm³/mol. The van der Waals surface area contributed by atoms with Crippen LogP contribution in [0.25, 0.3) is 0 Å². The van der Waals surface area contributed by atoms with Crippen molar-refractivity contribution in [2.24, 2.45) is 0 Å². The van der Waals surface area contributed by atoms with Crippen LogP contribution in [-0.2, 0) is 17.8 Å². The van der Waals surface area contributed by atoms with Crippen LogP contribution in [0, 0.1) is 27.7 Å². The number of nitrogens with one attached hydrogen (secondary N) is 2. The molecule has 0 saturated heterocycles. The molecule has 0 spiro atoms. The van der Waals surface area contributed by atoms with Gasteiger partial charge in [-0.2, -0.15) is 0 Å². The minimum atomic E-state index is -0.397. The molecule has 0 radical (unpaired) electrons. The van der Waals surface area contributed by atoms with E-state index >= 15 is 0 Å². The maximum Gasteiger partial charge on any atom is 0.355 e. The van der Waals surface area contributed by atoms with Gasteiger partial charge in [-0.3, -0.25) is 0 Å². The van der Waals surface area contributed by atoms with E-state index in [0.29, 0.717) is 31.2 Å². The lowest BCUT2D eigenvalue weighted by molar-refractivity contribution is 0.0519. The number of rotatable bonds is 7. The maximum atomic E-state index is 13.2. The first kappa shape index (κ1) is 22.2. The van der Waals surface area contributed by atoms with Gasteiger partial charge in [0.1, 0.15) is 11.5 Å². The third-order valence-electron chi connectivity index (χ3n) is 5.26. The third kappa shape index (κ3) is 5.17. The summed E-state index contributed by atoms with van der Waals surface area (Å²) in [5, 5.41) is 3.00. The summed E-state index contributed by atoms with van der Waals surface area (Å²) in [5.41, 5.74) is 5.78. The molecule has 3 aromatic rings. The van der Waals surface area contributed by atoms with Crippen LogP contribution in [0.15, 0.2) is 41.0 Å². The van der Waals surface area contributed by atoms with E-state index in [2.05, 4.69) is 10.3 Å². The number of aryl methyl sites for hydroxylation is 3. The first-order valence-electron chi connectivity index (χ1n) is 10.3. The summed E-state index contributed by atoms with van der Waals surface area (Å²) in [7, 11) is 0. The van der Waals surface area contributed by atoms with E-state index in [1.807, 2.05) is 52.0 Å². The molecule has 0 aliphatic carbocycles. The van der Waals surface area contributed by atoms with E-state index in [-0.39, 0.29) is 6.03 Å². The van der Waals surface area contributed by atoms with Crippen molar-refractivity contribution >= 4 is 17.7 Å². The molecule has 0 aliphatic rings. The average molecular weight is 424 g/mol. The number of H-pyrrole nitrogens is 1. The van der Waals surface area contributed by atoms with E-state index in [0.717, 1.165) is 33.6 Å². The minimum absolute atomic E-state index is 0.249. The highest BCUT2D eigenvalue weighted by Gasteiger charge is 2.23. The first-order chi connectivity index (χ1) is 14.8. The molecular formula is C24H29N3O4. The van der Waals surface area contributed by atoms with Gasteiger partial charge >= 0.3 is 12.0 Å². The number of carbonyl (C=O) groups excluding carboxylic acids is 2. The molecule has 0 atom stereocenters. The highest BCUT2D eigenvalue weighted by Crippen LogP contribution is 2.23. The molecule has 2 aromatic heterocycles. The van der Waals surface area contributed by atoms with Crippen molar-refractivity contribution in [3.05, 3.63) is 76.0 Å². The summed E-state index contributed by atoms with van der Waals surface area (Å²) < 4.78 is 10.6. The van der Waals surface area contributed by atoms with Crippen molar-refractivity contribution < 1.29 is 18.7 Å². The predicted octanol–water partition coefficient (Wildman–Crippen LogP) is 5.25. The van der Waals surface area contributed by atoms with Crippen LogP contribution >= 0.6 is 0 Å². The van der Waals surface area contributed by atoms with Gasteiger partial charge in [0.25, 0.3) is 0 Å². The molecule has 31 heavy (non-hydrogen) atoms. The zero-order valence-electron chi connectivity index (χ0n) is 18.7. The second-order valence-corrected chi connectivity index (χ2v) is 7.63. The summed E-state index contributed by atoms with van der Waals surface area (Å²) in [6.07, 6.45) is 1.58. The van der Waals surface area contributed by atoms with Crippen LogP contribution < -0.4 is 5.32 Å². The van der Waals surface area contributed by atoms with Crippen molar-refractivity contribution in [1.82, 2.24) is 9.88 Å². The number of anilines is 1. The summed E-state index contributed by atoms with van der Waals surface area (Å²) in [6.45, 7) is 10.4. The Morgan fingerprint density at radius 3 is 2.55 bits per heavy atom. The van der Waals surface area contributed by atoms with E-state index in [1.54, 1.807) is 24.2 Å². The monoisotopic (exact) mass is 423 g/mol. The number of aromatic nitrogens is 1. The lowest BCUT2D eigenvalue weighted by atomic mass is 10.1. The van der Waals surface area contributed by atoms with Crippen molar-refractivity contribution in [2.75, 3.05) is 11.9 Å². The van der Waals surface area contributed by atoms with E-state index in [1.165, 1.54) is 0 Å². The van der Waals surface area contributed by atoms with Crippen molar-refractivity contribution in [3.63, 3.8) is 0 Å². The molecule has 2 heterocycles. The van der Waals surface area contributed by atoms with Crippen molar-refractivity contribution in [3.8, 4) is 0 Å². The summed E-state index contributed by atoms with van der Waals surface area (Å²) in [6, 6.07) is 9.27. The first-order valence-corrected chi connectivity index (χ1v) is 10.3. The number of furan rings is 1. The zero-order chi connectivity index (χ0) is 22.5. The number of nitrogens with zero attached hydrogens (tertiary/aromatic N) is 1. The number of amides is 2. The van der Waals surface area contributed by atoms with Gasteiger partial charge in [0.15, 0.2) is 0 Å². The number of hydrogen-bond donors (Lipinski definition) is 2. The van der Waals surface area contributed by atoms with Gasteiger partial charge in [-0.25, -0.2) is 9.59 Å². The molecule has 3 rings (SSSR count). The Kier molecular flexibility index (Phi) is 6.84.